The summed E-state index contributed by atoms with van der Waals surface area (Å²) in [5.41, 5.74) is 1.00. The normalized spacial score (nSPS) is 13.5. The van der Waals surface area contributed by atoms with Gasteiger partial charge in [0.25, 0.3) is 0 Å². The van der Waals surface area contributed by atoms with Gasteiger partial charge in [-0.05, 0) is 31.7 Å². The number of hydrogen-bond acceptors (Lipinski definition) is 4. The summed E-state index contributed by atoms with van der Waals surface area (Å²) in [7, 11) is -1.76. The largest absolute Gasteiger partial charge is 0.508 e. The Labute approximate surface area is 102 Å². The lowest BCUT2D eigenvalue weighted by atomic mass is 10.1. The number of aromatic hydroxyl groups is 1. The summed E-state index contributed by atoms with van der Waals surface area (Å²) in [5.74, 6) is 0.269. The van der Waals surface area contributed by atoms with Crippen LogP contribution in [-0.2, 0) is 10.0 Å². The maximum absolute atomic E-state index is 11.2. The first-order valence-electron chi connectivity index (χ1n) is 5.38. The molecule has 1 aromatic carbocycles. The van der Waals surface area contributed by atoms with Crippen LogP contribution in [0.25, 0.3) is 0 Å². The zero-order chi connectivity index (χ0) is 12.9. The van der Waals surface area contributed by atoms with E-state index in [0.29, 0.717) is 6.54 Å². The molecule has 0 heterocycles. The molecular weight excluding hydrogens is 240 g/mol. The van der Waals surface area contributed by atoms with Gasteiger partial charge in [0.15, 0.2) is 0 Å². The van der Waals surface area contributed by atoms with E-state index in [4.69, 9.17) is 5.11 Å². The van der Waals surface area contributed by atoms with E-state index >= 15 is 0 Å². The summed E-state index contributed by atoms with van der Waals surface area (Å²) >= 11 is 0. The molecule has 0 bridgehead atoms. The van der Waals surface area contributed by atoms with Crippen molar-refractivity contribution in [3.05, 3.63) is 29.8 Å². The van der Waals surface area contributed by atoms with Crippen molar-refractivity contribution >= 4 is 10.0 Å². The number of nitrogens with one attached hydrogen (secondary N) is 2. The Kier molecular flexibility index (Phi) is 4.92. The molecule has 0 aliphatic carbocycles. The third kappa shape index (κ3) is 4.72. The average Bonchev–Trinajstić information content (AvgIpc) is 2.29. The van der Waals surface area contributed by atoms with E-state index in [0.717, 1.165) is 5.56 Å². The van der Waals surface area contributed by atoms with Crippen molar-refractivity contribution < 1.29 is 13.5 Å². The van der Waals surface area contributed by atoms with Crippen molar-refractivity contribution in [3.8, 4) is 5.75 Å². The predicted octanol–water partition coefficient (Wildman–Crippen LogP) is 0.592. The monoisotopic (exact) mass is 258 g/mol. The highest BCUT2D eigenvalue weighted by Gasteiger charge is 2.09. The molecule has 0 saturated heterocycles. The summed E-state index contributed by atoms with van der Waals surface area (Å²) in [5, 5.41) is 12.3. The molecule has 1 unspecified atom stereocenters. The van der Waals surface area contributed by atoms with Crippen LogP contribution in [0.1, 0.15) is 18.5 Å². The van der Waals surface area contributed by atoms with Crippen LogP contribution in [0.4, 0.5) is 0 Å². The number of phenols is 1. The molecule has 1 rings (SSSR count). The van der Waals surface area contributed by atoms with E-state index in [1.54, 1.807) is 24.3 Å². The van der Waals surface area contributed by atoms with Gasteiger partial charge in [-0.3, -0.25) is 0 Å². The molecule has 17 heavy (non-hydrogen) atoms. The van der Waals surface area contributed by atoms with Crippen LogP contribution in [0.3, 0.4) is 0 Å². The van der Waals surface area contributed by atoms with Gasteiger partial charge in [-0.1, -0.05) is 12.1 Å². The van der Waals surface area contributed by atoms with Gasteiger partial charge in [0.1, 0.15) is 5.75 Å². The summed E-state index contributed by atoms with van der Waals surface area (Å²) in [6.45, 7) is 2.32. The van der Waals surface area contributed by atoms with Gasteiger partial charge in [-0.25, -0.2) is 13.1 Å². The second kappa shape index (κ2) is 6.00. The van der Waals surface area contributed by atoms with Crippen molar-refractivity contribution in [3.63, 3.8) is 0 Å². The Morgan fingerprint density at radius 2 is 1.88 bits per heavy atom. The fourth-order valence-corrected chi connectivity index (χ4v) is 1.98. The number of phenolic OH excluding ortho intramolecular Hbond substituents is 1. The van der Waals surface area contributed by atoms with Crippen molar-refractivity contribution in [1.29, 1.82) is 0 Å². The lowest BCUT2D eigenvalue weighted by Gasteiger charge is -2.14. The summed E-state index contributed by atoms with van der Waals surface area (Å²) in [6, 6.07) is 6.87. The lowest BCUT2D eigenvalue weighted by molar-refractivity contribution is 0.474. The summed E-state index contributed by atoms with van der Waals surface area (Å²) in [6.07, 6.45) is 0. The molecule has 0 aromatic heterocycles. The maximum Gasteiger partial charge on any atom is 0.212 e. The molecule has 0 fully saturated rings. The first kappa shape index (κ1) is 14.0. The molecule has 5 nitrogen and oxygen atoms in total. The fourth-order valence-electron chi connectivity index (χ4n) is 1.39. The average molecular weight is 258 g/mol. The SMILES string of the molecule is CNS(=O)(=O)CCNC(C)c1ccc(O)cc1. The predicted molar refractivity (Wildman–Crippen MR) is 67.4 cm³/mol. The van der Waals surface area contributed by atoms with Gasteiger partial charge in [0.05, 0.1) is 5.75 Å². The van der Waals surface area contributed by atoms with Gasteiger partial charge in [-0.2, -0.15) is 0 Å². The van der Waals surface area contributed by atoms with Crippen molar-refractivity contribution in [2.45, 2.75) is 13.0 Å². The number of benzene rings is 1. The molecule has 6 heteroatoms. The van der Waals surface area contributed by atoms with E-state index in [9.17, 15) is 8.42 Å². The number of rotatable bonds is 6. The second-order valence-electron chi connectivity index (χ2n) is 3.79. The molecule has 0 amide bonds. The Bertz CT molecular complexity index is 442. The Balaban J connectivity index is 2.45. The quantitative estimate of drug-likeness (QED) is 0.698. The van der Waals surface area contributed by atoms with Crippen molar-refractivity contribution in [2.75, 3.05) is 19.3 Å². The zero-order valence-electron chi connectivity index (χ0n) is 9.97. The van der Waals surface area contributed by atoms with E-state index in [1.807, 2.05) is 6.92 Å². The lowest BCUT2D eigenvalue weighted by Crippen LogP contribution is -2.30. The molecule has 0 spiro atoms. The Morgan fingerprint density at radius 1 is 1.29 bits per heavy atom. The van der Waals surface area contributed by atoms with Crippen LogP contribution in [0, 0.1) is 0 Å². The Morgan fingerprint density at radius 3 is 2.41 bits per heavy atom. The molecule has 0 aliphatic heterocycles. The van der Waals surface area contributed by atoms with Gasteiger partial charge < -0.3 is 10.4 Å². The van der Waals surface area contributed by atoms with Gasteiger partial charge in [0, 0.05) is 12.6 Å². The zero-order valence-corrected chi connectivity index (χ0v) is 10.8. The molecule has 1 atom stereocenters. The Hall–Kier alpha value is -1.11. The maximum atomic E-state index is 11.2. The topological polar surface area (TPSA) is 78.4 Å². The van der Waals surface area contributed by atoms with Crippen LogP contribution in [0.2, 0.25) is 0 Å². The van der Waals surface area contributed by atoms with Crippen LogP contribution in [0.15, 0.2) is 24.3 Å². The highest BCUT2D eigenvalue weighted by Crippen LogP contribution is 2.15. The van der Waals surface area contributed by atoms with Crippen molar-refractivity contribution in [1.82, 2.24) is 10.0 Å². The molecule has 1 aromatic rings. The highest BCUT2D eigenvalue weighted by atomic mass is 32.2. The minimum Gasteiger partial charge on any atom is -0.508 e. The minimum absolute atomic E-state index is 0.0441. The van der Waals surface area contributed by atoms with Crippen LogP contribution < -0.4 is 10.0 Å². The van der Waals surface area contributed by atoms with Crippen molar-refractivity contribution in [2.24, 2.45) is 0 Å². The van der Waals surface area contributed by atoms with E-state index < -0.39 is 10.0 Å². The third-order valence-corrected chi connectivity index (χ3v) is 3.89. The summed E-state index contributed by atoms with van der Waals surface area (Å²) < 4.78 is 24.6. The van der Waals surface area contributed by atoms with Gasteiger partial charge in [0.2, 0.25) is 10.0 Å². The first-order chi connectivity index (χ1) is 7.94. The molecule has 96 valence electrons. The van der Waals surface area contributed by atoms with Gasteiger partial charge >= 0.3 is 0 Å². The van der Waals surface area contributed by atoms with E-state index in [1.165, 1.54) is 7.05 Å². The van der Waals surface area contributed by atoms with Crippen LogP contribution >= 0.6 is 0 Å². The van der Waals surface area contributed by atoms with Crippen LogP contribution in [0.5, 0.6) is 5.75 Å². The van der Waals surface area contributed by atoms with Gasteiger partial charge in [-0.15, -0.1) is 0 Å². The highest BCUT2D eigenvalue weighted by molar-refractivity contribution is 7.89. The minimum atomic E-state index is -3.16. The van der Waals surface area contributed by atoms with E-state index in [2.05, 4.69) is 10.0 Å². The number of hydrogen-bond donors (Lipinski definition) is 3. The molecule has 0 saturated carbocycles. The standard InChI is InChI=1S/C11H18N2O3S/c1-9(10-3-5-11(14)6-4-10)13-7-8-17(15,16)12-2/h3-6,9,12-14H,7-8H2,1-2H3. The molecular formula is C11H18N2O3S. The van der Waals surface area contributed by atoms with E-state index in [-0.39, 0.29) is 17.5 Å². The third-order valence-electron chi connectivity index (χ3n) is 2.53. The molecule has 0 aliphatic rings. The smallest absolute Gasteiger partial charge is 0.212 e. The molecule has 0 radical (unpaired) electrons. The van der Waals surface area contributed by atoms with Crippen LogP contribution in [-0.4, -0.2) is 32.9 Å². The molecule has 3 N–H and O–H groups in total. The second-order valence-corrected chi connectivity index (χ2v) is 5.84. The fraction of sp³-hybridized carbons (Fsp3) is 0.455. The summed E-state index contributed by atoms with van der Waals surface area (Å²) in [4.78, 5) is 0. The first-order valence-corrected chi connectivity index (χ1v) is 7.03. The number of sulfonamides is 1.